The van der Waals surface area contributed by atoms with E-state index in [4.69, 9.17) is 9.15 Å². The Kier molecular flexibility index (Phi) is 3.91. The van der Waals surface area contributed by atoms with E-state index in [9.17, 15) is 0 Å². The van der Waals surface area contributed by atoms with Gasteiger partial charge in [-0.25, -0.2) is 4.98 Å². The lowest BCUT2D eigenvalue weighted by atomic mass is 10.1. The summed E-state index contributed by atoms with van der Waals surface area (Å²) in [5.41, 5.74) is 3.94. The molecule has 2 aromatic heterocycles. The Hall–Kier alpha value is -1.56. The third-order valence-corrected chi connectivity index (χ3v) is 3.96. The Morgan fingerprint density at radius 3 is 2.75 bits per heavy atom. The molecule has 0 bridgehead atoms. The molecule has 3 aromatic rings. The minimum Gasteiger partial charge on any atom is -0.473 e. The first kappa shape index (κ1) is 13.4. The smallest absolute Gasteiger partial charge is 0.218 e. The van der Waals surface area contributed by atoms with Gasteiger partial charge in [-0.3, -0.25) is 0 Å². The summed E-state index contributed by atoms with van der Waals surface area (Å²) in [5.74, 6) is 0.703. The minimum absolute atomic E-state index is 0.528. The average Bonchev–Trinajstić information content (AvgIpc) is 2.96. The van der Waals surface area contributed by atoms with Crippen LogP contribution in [0.2, 0.25) is 0 Å². The molecule has 102 valence electrons. The van der Waals surface area contributed by atoms with E-state index in [0.717, 1.165) is 32.2 Å². The first-order valence-electron chi connectivity index (χ1n) is 6.39. The lowest BCUT2D eigenvalue weighted by molar-refractivity contribution is 0.291. The van der Waals surface area contributed by atoms with Crippen LogP contribution in [0.3, 0.4) is 0 Å². The molecule has 0 fully saturated rings. The summed E-state index contributed by atoms with van der Waals surface area (Å²) in [6, 6.07) is 12.1. The lowest BCUT2D eigenvalue weighted by Gasteiger charge is -2.11. The van der Waals surface area contributed by atoms with Crippen LogP contribution in [0.25, 0.3) is 11.0 Å². The van der Waals surface area contributed by atoms with Crippen molar-refractivity contribution in [3.63, 3.8) is 0 Å². The van der Waals surface area contributed by atoms with Crippen molar-refractivity contribution >= 4 is 33.6 Å². The second kappa shape index (κ2) is 5.83. The number of benzene rings is 1. The molecular formula is C16H14INO2. The van der Waals surface area contributed by atoms with E-state index < -0.39 is 0 Å². The highest BCUT2D eigenvalue weighted by atomic mass is 127. The van der Waals surface area contributed by atoms with Crippen molar-refractivity contribution in [2.45, 2.75) is 18.0 Å². The lowest BCUT2D eigenvalue weighted by Crippen LogP contribution is -2.01. The van der Waals surface area contributed by atoms with Gasteiger partial charge in [0.25, 0.3) is 0 Å². The predicted molar refractivity (Wildman–Crippen MR) is 87.2 cm³/mol. The molecule has 0 atom stereocenters. The molecule has 0 aliphatic carbocycles. The molecular weight excluding hydrogens is 365 g/mol. The van der Waals surface area contributed by atoms with Crippen LogP contribution in [0.5, 0.6) is 5.88 Å². The molecule has 0 N–H and O–H groups in total. The Morgan fingerprint density at radius 2 is 2.00 bits per heavy atom. The Morgan fingerprint density at radius 1 is 1.20 bits per heavy atom. The number of rotatable bonds is 4. The molecule has 3 rings (SSSR count). The fourth-order valence-electron chi connectivity index (χ4n) is 2.19. The van der Waals surface area contributed by atoms with Crippen LogP contribution < -0.4 is 4.74 Å². The van der Waals surface area contributed by atoms with E-state index in [1.54, 1.807) is 6.26 Å². The average molecular weight is 379 g/mol. The number of fused-ring (bicyclic) bond motifs is 1. The number of hydrogen-bond acceptors (Lipinski definition) is 3. The first-order chi connectivity index (χ1) is 9.79. The second-order valence-electron chi connectivity index (χ2n) is 4.55. The fraction of sp³-hybridized carbons (Fsp3) is 0.188. The molecule has 2 heterocycles. The summed E-state index contributed by atoms with van der Waals surface area (Å²) in [5, 5.41) is 1.09. The zero-order valence-corrected chi connectivity index (χ0v) is 13.3. The number of halogens is 1. The normalized spacial score (nSPS) is 10.9. The molecule has 0 aliphatic heterocycles. The van der Waals surface area contributed by atoms with Gasteiger partial charge in [-0.15, -0.1) is 0 Å². The van der Waals surface area contributed by atoms with Crippen molar-refractivity contribution in [1.29, 1.82) is 0 Å². The highest BCUT2D eigenvalue weighted by molar-refractivity contribution is 14.1. The highest BCUT2D eigenvalue weighted by Gasteiger charge is 2.14. The topological polar surface area (TPSA) is 35.3 Å². The van der Waals surface area contributed by atoms with Gasteiger partial charge in [0.2, 0.25) is 5.88 Å². The second-order valence-corrected chi connectivity index (χ2v) is 5.32. The summed E-state index contributed by atoms with van der Waals surface area (Å²) >= 11 is 2.33. The summed E-state index contributed by atoms with van der Waals surface area (Å²) in [6.07, 6.45) is 1.70. The monoisotopic (exact) mass is 379 g/mol. The standard InChI is InChI=1S/C16H14INO2/c1-11-15-13(7-8-19-15)14(9-17)16(18-11)20-10-12-5-3-2-4-6-12/h2-8H,9-10H2,1H3. The van der Waals surface area contributed by atoms with Crippen molar-refractivity contribution < 1.29 is 9.15 Å². The SMILES string of the molecule is Cc1nc(OCc2ccccc2)c(CI)c2ccoc12. The molecule has 0 saturated carbocycles. The Balaban J connectivity index is 1.94. The Labute approximate surface area is 131 Å². The minimum atomic E-state index is 0.528. The molecule has 3 nitrogen and oxygen atoms in total. The van der Waals surface area contributed by atoms with E-state index in [0.29, 0.717) is 12.5 Å². The molecule has 0 saturated heterocycles. The van der Waals surface area contributed by atoms with Crippen LogP contribution >= 0.6 is 22.6 Å². The zero-order valence-electron chi connectivity index (χ0n) is 11.1. The van der Waals surface area contributed by atoms with E-state index in [1.807, 2.05) is 43.3 Å². The van der Waals surface area contributed by atoms with Crippen LogP contribution in [0.15, 0.2) is 47.1 Å². The van der Waals surface area contributed by atoms with E-state index in [-0.39, 0.29) is 0 Å². The molecule has 1 aromatic carbocycles. The predicted octanol–water partition coefficient (Wildman–Crippen LogP) is 4.65. The van der Waals surface area contributed by atoms with Crippen LogP contribution in [0, 0.1) is 6.92 Å². The van der Waals surface area contributed by atoms with Crippen LogP contribution in [0.4, 0.5) is 0 Å². The molecule has 0 spiro atoms. The van der Waals surface area contributed by atoms with Gasteiger partial charge in [0.1, 0.15) is 6.61 Å². The fourth-order valence-corrected chi connectivity index (χ4v) is 2.92. The quantitative estimate of drug-likeness (QED) is 0.489. The molecule has 0 radical (unpaired) electrons. The van der Waals surface area contributed by atoms with Gasteiger partial charge in [-0.2, -0.15) is 0 Å². The number of furan rings is 1. The number of alkyl halides is 1. The summed E-state index contributed by atoms with van der Waals surface area (Å²) < 4.78 is 12.2. The third kappa shape index (κ3) is 2.52. The molecule has 4 heteroatoms. The number of nitrogens with zero attached hydrogens (tertiary/aromatic N) is 1. The highest BCUT2D eigenvalue weighted by Crippen LogP contribution is 2.31. The Bertz CT molecular complexity index is 722. The maximum Gasteiger partial charge on any atom is 0.218 e. The van der Waals surface area contributed by atoms with E-state index >= 15 is 0 Å². The van der Waals surface area contributed by atoms with Gasteiger partial charge in [-0.1, -0.05) is 52.9 Å². The maximum absolute atomic E-state index is 5.91. The largest absolute Gasteiger partial charge is 0.473 e. The molecule has 0 unspecified atom stereocenters. The molecule has 0 aliphatic rings. The van der Waals surface area contributed by atoms with E-state index in [2.05, 4.69) is 27.6 Å². The van der Waals surface area contributed by atoms with Crippen molar-refractivity contribution in [2.75, 3.05) is 0 Å². The van der Waals surface area contributed by atoms with Crippen LogP contribution in [0.1, 0.15) is 16.8 Å². The van der Waals surface area contributed by atoms with Crippen molar-refractivity contribution in [3.8, 4) is 5.88 Å². The van der Waals surface area contributed by atoms with Gasteiger partial charge in [0, 0.05) is 15.4 Å². The zero-order chi connectivity index (χ0) is 13.9. The number of aryl methyl sites for hydroxylation is 1. The number of hydrogen-bond donors (Lipinski definition) is 0. The van der Waals surface area contributed by atoms with Crippen LogP contribution in [-0.2, 0) is 11.0 Å². The van der Waals surface area contributed by atoms with Crippen LogP contribution in [-0.4, -0.2) is 4.98 Å². The van der Waals surface area contributed by atoms with Crippen molar-refractivity contribution in [1.82, 2.24) is 4.98 Å². The summed E-state index contributed by atoms with van der Waals surface area (Å²) in [6.45, 7) is 2.47. The van der Waals surface area contributed by atoms with Gasteiger partial charge in [0.05, 0.1) is 12.0 Å². The van der Waals surface area contributed by atoms with E-state index in [1.165, 1.54) is 0 Å². The number of aromatic nitrogens is 1. The molecule has 0 amide bonds. The van der Waals surface area contributed by atoms with Gasteiger partial charge in [-0.05, 0) is 18.6 Å². The van der Waals surface area contributed by atoms with Crippen molar-refractivity contribution in [3.05, 3.63) is 59.5 Å². The number of pyridine rings is 1. The molecule has 20 heavy (non-hydrogen) atoms. The first-order valence-corrected chi connectivity index (χ1v) is 7.91. The summed E-state index contributed by atoms with van der Waals surface area (Å²) in [4.78, 5) is 4.54. The van der Waals surface area contributed by atoms with Gasteiger partial charge < -0.3 is 9.15 Å². The number of ether oxygens (including phenoxy) is 1. The van der Waals surface area contributed by atoms with Crippen molar-refractivity contribution in [2.24, 2.45) is 0 Å². The summed E-state index contributed by atoms with van der Waals surface area (Å²) in [7, 11) is 0. The third-order valence-electron chi connectivity index (χ3n) is 3.20. The van der Waals surface area contributed by atoms with Gasteiger partial charge in [0.15, 0.2) is 5.58 Å². The maximum atomic E-state index is 5.91. The van der Waals surface area contributed by atoms with Gasteiger partial charge >= 0.3 is 0 Å².